The van der Waals surface area contributed by atoms with Crippen molar-refractivity contribution in [2.75, 3.05) is 18.1 Å². The van der Waals surface area contributed by atoms with Crippen LogP contribution < -0.4 is 11.1 Å². The zero-order valence-electron chi connectivity index (χ0n) is 11.9. The Morgan fingerprint density at radius 2 is 2.11 bits per heavy atom. The summed E-state index contributed by atoms with van der Waals surface area (Å²) < 4.78 is 0. The molecule has 0 spiro atoms. The summed E-state index contributed by atoms with van der Waals surface area (Å²) in [6.45, 7) is 6.15. The third-order valence-corrected chi connectivity index (χ3v) is 4.49. The van der Waals surface area contributed by atoms with Gasteiger partial charge in [0, 0.05) is 19.1 Å². The second-order valence-corrected chi connectivity index (χ2v) is 6.53. The van der Waals surface area contributed by atoms with Gasteiger partial charge in [-0.15, -0.1) is 0 Å². The smallest absolute Gasteiger partial charge is 0.267 e. The van der Waals surface area contributed by atoms with Crippen molar-refractivity contribution in [3.8, 4) is 0 Å². The number of nitrogen functional groups attached to an aromatic ring is 1. The number of thiazole rings is 1. The fraction of sp³-hybridized carbons (Fsp3) is 0.692. The molecule has 0 saturated heterocycles. The maximum absolute atomic E-state index is 12.4. The predicted octanol–water partition coefficient (Wildman–Crippen LogP) is 2.42. The van der Waals surface area contributed by atoms with Gasteiger partial charge in [-0.25, -0.2) is 4.98 Å². The second-order valence-electron chi connectivity index (χ2n) is 5.53. The van der Waals surface area contributed by atoms with E-state index in [1.54, 1.807) is 4.90 Å². The third-order valence-electron chi connectivity index (χ3n) is 3.50. The quantitative estimate of drug-likeness (QED) is 0.870. The summed E-state index contributed by atoms with van der Waals surface area (Å²) in [5, 5.41) is 3.89. The van der Waals surface area contributed by atoms with E-state index < -0.39 is 0 Å². The van der Waals surface area contributed by atoms with Crippen LogP contribution in [-0.2, 0) is 0 Å². The molecule has 2 rings (SSSR count). The number of rotatable bonds is 5. The minimum atomic E-state index is -0.0220. The molecule has 1 saturated carbocycles. The van der Waals surface area contributed by atoms with Crippen LogP contribution in [0.1, 0.15) is 43.3 Å². The highest BCUT2D eigenvalue weighted by atomic mass is 32.1. The van der Waals surface area contributed by atoms with Crippen LogP contribution in [0, 0.1) is 5.92 Å². The lowest BCUT2D eigenvalue weighted by Crippen LogP contribution is -2.36. The number of nitrogens with one attached hydrogen (secondary N) is 1. The number of nitrogens with zero attached hydrogens (tertiary/aromatic N) is 2. The van der Waals surface area contributed by atoms with E-state index in [9.17, 15) is 4.79 Å². The van der Waals surface area contributed by atoms with Crippen molar-refractivity contribution < 1.29 is 4.79 Å². The monoisotopic (exact) mass is 282 g/mol. The van der Waals surface area contributed by atoms with Crippen LogP contribution in [0.4, 0.5) is 10.9 Å². The van der Waals surface area contributed by atoms with Gasteiger partial charge in [0.1, 0.15) is 10.7 Å². The van der Waals surface area contributed by atoms with Gasteiger partial charge in [-0.3, -0.25) is 4.79 Å². The van der Waals surface area contributed by atoms with Gasteiger partial charge in [-0.05, 0) is 39.5 Å². The molecule has 19 heavy (non-hydrogen) atoms. The number of aromatic nitrogens is 1. The number of anilines is 2. The van der Waals surface area contributed by atoms with Crippen molar-refractivity contribution in [2.45, 2.75) is 45.7 Å². The van der Waals surface area contributed by atoms with Gasteiger partial charge >= 0.3 is 0 Å². The molecule has 106 valence electrons. The fourth-order valence-electron chi connectivity index (χ4n) is 2.03. The molecular formula is C13H22N4OS. The highest BCUT2D eigenvalue weighted by molar-refractivity contribution is 7.18. The Morgan fingerprint density at radius 3 is 2.63 bits per heavy atom. The molecule has 3 N–H and O–H groups in total. The molecule has 5 nitrogen and oxygen atoms in total. The number of hydrogen-bond donors (Lipinski definition) is 2. The zero-order valence-corrected chi connectivity index (χ0v) is 12.8. The molecule has 0 bridgehead atoms. The summed E-state index contributed by atoms with van der Waals surface area (Å²) in [6, 6.07) is 0.548. The molecular weight excluding hydrogens is 260 g/mol. The van der Waals surface area contributed by atoms with Gasteiger partial charge in [-0.1, -0.05) is 11.3 Å². The lowest BCUT2D eigenvalue weighted by molar-refractivity contribution is 0.0733. The maximum atomic E-state index is 12.4. The molecule has 1 heterocycles. The van der Waals surface area contributed by atoms with Crippen molar-refractivity contribution >= 4 is 28.2 Å². The van der Waals surface area contributed by atoms with Gasteiger partial charge in [0.25, 0.3) is 5.91 Å². The second kappa shape index (κ2) is 5.36. The van der Waals surface area contributed by atoms with Crippen molar-refractivity contribution in [2.24, 2.45) is 5.92 Å². The van der Waals surface area contributed by atoms with Crippen LogP contribution in [-0.4, -0.2) is 34.9 Å². The highest BCUT2D eigenvalue weighted by Gasteiger charge is 2.33. The van der Waals surface area contributed by atoms with E-state index in [0.717, 1.165) is 0 Å². The van der Waals surface area contributed by atoms with E-state index >= 15 is 0 Å². The van der Waals surface area contributed by atoms with Crippen molar-refractivity contribution in [3.05, 3.63) is 4.88 Å². The Labute approximate surface area is 118 Å². The van der Waals surface area contributed by atoms with E-state index in [1.807, 2.05) is 20.9 Å². The molecule has 0 aromatic carbocycles. The van der Waals surface area contributed by atoms with E-state index in [2.05, 4.69) is 17.2 Å². The molecule has 1 aliphatic carbocycles. The van der Waals surface area contributed by atoms with Crippen LogP contribution in [0.2, 0.25) is 0 Å². The Bertz CT molecular complexity index is 467. The molecule has 1 atom stereocenters. The fourth-order valence-corrected chi connectivity index (χ4v) is 3.05. The van der Waals surface area contributed by atoms with Gasteiger partial charge in [-0.2, -0.15) is 0 Å². The molecule has 1 aromatic heterocycles. The van der Waals surface area contributed by atoms with E-state index in [4.69, 9.17) is 5.73 Å². The number of carbonyl (C=O) groups is 1. The van der Waals surface area contributed by atoms with Gasteiger partial charge < -0.3 is 16.0 Å². The zero-order chi connectivity index (χ0) is 14.2. The lowest BCUT2D eigenvalue weighted by atomic mass is 10.2. The minimum absolute atomic E-state index is 0.0220. The SMILES string of the molecule is CC(C)Nc1nc(N)c(C(=O)N(C)C(C)C2CC2)s1. The van der Waals surface area contributed by atoms with Crippen LogP contribution in [0.3, 0.4) is 0 Å². The number of nitrogens with two attached hydrogens (primary N) is 1. The van der Waals surface area contributed by atoms with Crippen molar-refractivity contribution in [1.29, 1.82) is 0 Å². The normalized spacial score (nSPS) is 16.5. The summed E-state index contributed by atoms with van der Waals surface area (Å²) in [5.41, 5.74) is 5.86. The Kier molecular flexibility index (Phi) is 3.99. The van der Waals surface area contributed by atoms with E-state index in [1.165, 1.54) is 24.2 Å². The van der Waals surface area contributed by atoms with Crippen LogP contribution in [0.5, 0.6) is 0 Å². The van der Waals surface area contributed by atoms with Crippen LogP contribution in [0.25, 0.3) is 0 Å². The summed E-state index contributed by atoms with van der Waals surface area (Å²) in [4.78, 5) is 19.0. The average molecular weight is 282 g/mol. The summed E-state index contributed by atoms with van der Waals surface area (Å²) in [5.74, 6) is 0.954. The first kappa shape index (κ1) is 14.1. The summed E-state index contributed by atoms with van der Waals surface area (Å²) >= 11 is 1.34. The molecule has 1 amide bonds. The molecule has 1 fully saturated rings. The summed E-state index contributed by atoms with van der Waals surface area (Å²) in [7, 11) is 1.85. The summed E-state index contributed by atoms with van der Waals surface area (Å²) in [6.07, 6.45) is 2.44. The van der Waals surface area contributed by atoms with Gasteiger partial charge in [0.15, 0.2) is 5.13 Å². The Morgan fingerprint density at radius 1 is 1.47 bits per heavy atom. The van der Waals surface area contributed by atoms with E-state index in [0.29, 0.717) is 21.7 Å². The predicted molar refractivity (Wildman–Crippen MR) is 79.6 cm³/mol. The van der Waals surface area contributed by atoms with Crippen molar-refractivity contribution in [1.82, 2.24) is 9.88 Å². The number of carbonyl (C=O) groups excluding carboxylic acids is 1. The standard InChI is InChI=1S/C13H22N4OS/c1-7(2)15-13-16-11(14)10(19-13)12(18)17(4)8(3)9-5-6-9/h7-9H,5-6,14H2,1-4H3,(H,15,16). The van der Waals surface area contributed by atoms with Crippen LogP contribution >= 0.6 is 11.3 Å². The Balaban J connectivity index is 2.11. The minimum Gasteiger partial charge on any atom is -0.382 e. The molecule has 6 heteroatoms. The molecule has 0 aliphatic heterocycles. The first-order valence-corrected chi connectivity index (χ1v) is 7.51. The van der Waals surface area contributed by atoms with E-state index in [-0.39, 0.29) is 18.0 Å². The Hall–Kier alpha value is -1.30. The molecule has 0 radical (unpaired) electrons. The molecule has 1 aliphatic rings. The first-order valence-electron chi connectivity index (χ1n) is 6.70. The first-order chi connectivity index (χ1) is 8.90. The number of amides is 1. The molecule has 1 unspecified atom stereocenters. The van der Waals surface area contributed by atoms with Crippen molar-refractivity contribution in [3.63, 3.8) is 0 Å². The molecule has 1 aromatic rings. The number of hydrogen-bond acceptors (Lipinski definition) is 5. The van der Waals surface area contributed by atoms with Crippen LogP contribution in [0.15, 0.2) is 0 Å². The third kappa shape index (κ3) is 3.18. The largest absolute Gasteiger partial charge is 0.382 e. The topological polar surface area (TPSA) is 71.2 Å². The average Bonchev–Trinajstić information content (AvgIpc) is 3.11. The van der Waals surface area contributed by atoms with Gasteiger partial charge in [0.2, 0.25) is 0 Å². The maximum Gasteiger partial charge on any atom is 0.267 e. The lowest BCUT2D eigenvalue weighted by Gasteiger charge is -2.24. The highest BCUT2D eigenvalue weighted by Crippen LogP contribution is 2.36. The van der Waals surface area contributed by atoms with Gasteiger partial charge in [0.05, 0.1) is 0 Å².